The van der Waals surface area contributed by atoms with E-state index in [0.29, 0.717) is 10.7 Å². The van der Waals surface area contributed by atoms with Crippen LogP contribution >= 0.6 is 23.5 Å². The second kappa shape index (κ2) is 9.60. The molecule has 7 heteroatoms. The van der Waals surface area contributed by atoms with E-state index >= 15 is 0 Å². The van der Waals surface area contributed by atoms with E-state index in [4.69, 9.17) is 9.15 Å². The molecule has 3 aromatic carbocycles. The highest BCUT2D eigenvalue weighted by atomic mass is 32.2. The number of amides is 2. The third-order valence-electron chi connectivity index (χ3n) is 5.03. The number of ether oxygens (including phenoxy) is 1. The van der Waals surface area contributed by atoms with Crippen molar-refractivity contribution in [1.82, 2.24) is 4.90 Å². The first-order valence-corrected chi connectivity index (χ1v) is 12.0. The minimum absolute atomic E-state index is 0.179. The number of benzene rings is 3. The van der Waals surface area contributed by atoms with Gasteiger partial charge in [-0.05, 0) is 47.5 Å². The smallest absolute Gasteiger partial charge is 0.293 e. The number of fused-ring (bicyclic) bond motifs is 1. The summed E-state index contributed by atoms with van der Waals surface area (Å²) in [6.45, 7) is 0.399. The minimum atomic E-state index is -0.333. The Morgan fingerprint density at radius 2 is 1.70 bits per heavy atom. The van der Waals surface area contributed by atoms with Gasteiger partial charge in [-0.15, -0.1) is 0 Å². The fourth-order valence-corrected chi connectivity index (χ4v) is 5.11. The minimum Gasteiger partial charge on any atom is -0.491 e. The van der Waals surface area contributed by atoms with Crippen LogP contribution in [0.3, 0.4) is 0 Å². The molecule has 0 unspecified atom stereocenters. The molecule has 33 heavy (non-hydrogen) atoms. The van der Waals surface area contributed by atoms with Gasteiger partial charge in [0.1, 0.15) is 18.1 Å². The van der Waals surface area contributed by atoms with Crippen molar-refractivity contribution in [2.45, 2.75) is 9.99 Å². The lowest BCUT2D eigenvalue weighted by molar-refractivity contribution is -0.123. The Balaban J connectivity index is 1.22. The molecule has 2 amide bonds. The molecule has 1 fully saturated rings. The van der Waals surface area contributed by atoms with Crippen molar-refractivity contribution in [3.63, 3.8) is 0 Å². The summed E-state index contributed by atoms with van der Waals surface area (Å²) in [4.78, 5) is 27.8. The average Bonchev–Trinajstić information content (AvgIpc) is 3.38. The highest BCUT2D eigenvalue weighted by molar-refractivity contribution is 8.18. The van der Waals surface area contributed by atoms with E-state index in [1.807, 2.05) is 78.9 Å². The summed E-state index contributed by atoms with van der Waals surface area (Å²) in [5.74, 6) is 0.931. The lowest BCUT2D eigenvalue weighted by Gasteiger charge is -2.14. The van der Waals surface area contributed by atoms with Crippen LogP contribution in [0.1, 0.15) is 5.76 Å². The number of rotatable bonds is 7. The second-order valence-corrected chi connectivity index (χ2v) is 9.30. The normalized spacial score (nSPS) is 15.0. The lowest BCUT2D eigenvalue weighted by atomic mass is 10.1. The number of carbonyl (C=O) groups is 2. The Morgan fingerprint density at radius 1 is 0.909 bits per heavy atom. The van der Waals surface area contributed by atoms with Crippen molar-refractivity contribution < 1.29 is 18.7 Å². The Kier molecular flexibility index (Phi) is 6.24. The molecule has 164 valence electrons. The van der Waals surface area contributed by atoms with Gasteiger partial charge in [0.2, 0.25) is 0 Å². The van der Waals surface area contributed by atoms with Gasteiger partial charge in [-0.2, -0.15) is 0 Å². The Hall–Kier alpha value is -3.42. The standard InChI is InChI=1S/C26H19NO4S2/c28-25-23(17-19-13-14-24(31-19)32-20-9-2-1-3-10-20)33-26(29)27(25)15-16-30-22-12-6-8-18-7-4-5-11-21(18)22/h1-14,17H,15-16H2/b23-17-. The largest absolute Gasteiger partial charge is 0.491 e. The van der Waals surface area contributed by atoms with Crippen molar-refractivity contribution >= 4 is 51.5 Å². The van der Waals surface area contributed by atoms with E-state index in [2.05, 4.69) is 0 Å². The van der Waals surface area contributed by atoms with E-state index in [0.717, 1.165) is 38.3 Å². The molecule has 0 atom stereocenters. The molecule has 5 nitrogen and oxygen atoms in total. The van der Waals surface area contributed by atoms with E-state index in [9.17, 15) is 9.59 Å². The average molecular weight is 474 g/mol. The molecule has 0 N–H and O–H groups in total. The maximum atomic E-state index is 12.8. The fourth-order valence-electron chi connectivity index (χ4n) is 3.46. The van der Waals surface area contributed by atoms with Gasteiger partial charge in [-0.25, -0.2) is 0 Å². The molecule has 0 aliphatic carbocycles. The predicted octanol–water partition coefficient (Wildman–Crippen LogP) is 6.70. The molecule has 0 radical (unpaired) electrons. The molecule has 5 rings (SSSR count). The zero-order valence-corrected chi connectivity index (χ0v) is 19.1. The number of thioether (sulfide) groups is 1. The summed E-state index contributed by atoms with van der Waals surface area (Å²) in [5, 5.41) is 2.48. The van der Waals surface area contributed by atoms with E-state index in [-0.39, 0.29) is 24.3 Å². The third-order valence-corrected chi connectivity index (χ3v) is 6.87. The molecule has 2 heterocycles. The molecule has 1 aromatic heterocycles. The van der Waals surface area contributed by atoms with Crippen LogP contribution in [0.4, 0.5) is 4.79 Å². The van der Waals surface area contributed by atoms with Gasteiger partial charge in [0.15, 0.2) is 5.09 Å². The maximum absolute atomic E-state index is 12.8. The fraction of sp³-hybridized carbons (Fsp3) is 0.0769. The Morgan fingerprint density at radius 3 is 2.58 bits per heavy atom. The van der Waals surface area contributed by atoms with Gasteiger partial charge in [0.25, 0.3) is 11.1 Å². The Bertz CT molecular complexity index is 1340. The summed E-state index contributed by atoms with van der Waals surface area (Å²) in [6, 6.07) is 27.3. The van der Waals surface area contributed by atoms with Crippen LogP contribution in [0.25, 0.3) is 16.8 Å². The van der Waals surface area contributed by atoms with Crippen LogP contribution in [0, 0.1) is 0 Å². The summed E-state index contributed by atoms with van der Waals surface area (Å²) in [6.07, 6.45) is 1.62. The summed E-state index contributed by atoms with van der Waals surface area (Å²) < 4.78 is 11.7. The van der Waals surface area contributed by atoms with Gasteiger partial charge < -0.3 is 9.15 Å². The van der Waals surface area contributed by atoms with E-state index in [1.165, 1.54) is 16.7 Å². The molecular formula is C26H19NO4S2. The van der Waals surface area contributed by atoms with Crippen LogP contribution in [0.5, 0.6) is 5.75 Å². The van der Waals surface area contributed by atoms with Crippen molar-refractivity contribution in [1.29, 1.82) is 0 Å². The highest BCUT2D eigenvalue weighted by Gasteiger charge is 2.35. The summed E-state index contributed by atoms with van der Waals surface area (Å²) in [7, 11) is 0. The van der Waals surface area contributed by atoms with E-state index < -0.39 is 0 Å². The van der Waals surface area contributed by atoms with Crippen LogP contribution in [0.2, 0.25) is 0 Å². The number of hydrogen-bond acceptors (Lipinski definition) is 6. The number of imide groups is 1. The molecule has 1 saturated heterocycles. The summed E-state index contributed by atoms with van der Waals surface area (Å²) in [5.41, 5.74) is 0. The number of hydrogen-bond donors (Lipinski definition) is 0. The van der Waals surface area contributed by atoms with Crippen molar-refractivity contribution in [3.05, 3.63) is 95.6 Å². The van der Waals surface area contributed by atoms with E-state index in [1.54, 1.807) is 12.1 Å². The topological polar surface area (TPSA) is 59.8 Å². The van der Waals surface area contributed by atoms with Gasteiger partial charge in [-0.1, -0.05) is 66.4 Å². The number of furan rings is 1. The maximum Gasteiger partial charge on any atom is 0.293 e. The lowest BCUT2D eigenvalue weighted by Crippen LogP contribution is -2.32. The van der Waals surface area contributed by atoms with Crippen molar-refractivity contribution in [2.75, 3.05) is 13.2 Å². The van der Waals surface area contributed by atoms with Crippen LogP contribution < -0.4 is 4.74 Å². The molecule has 0 saturated carbocycles. The first kappa shape index (κ1) is 21.4. The molecular weight excluding hydrogens is 454 g/mol. The van der Waals surface area contributed by atoms with Crippen LogP contribution in [0.15, 0.2) is 104 Å². The number of carbonyl (C=O) groups excluding carboxylic acids is 2. The van der Waals surface area contributed by atoms with Gasteiger partial charge in [0, 0.05) is 16.4 Å². The molecule has 0 bridgehead atoms. The zero-order valence-electron chi connectivity index (χ0n) is 17.5. The van der Waals surface area contributed by atoms with Crippen molar-refractivity contribution in [2.24, 2.45) is 0 Å². The molecule has 1 aliphatic heterocycles. The van der Waals surface area contributed by atoms with Gasteiger partial charge >= 0.3 is 0 Å². The Labute approximate surface area is 199 Å². The van der Waals surface area contributed by atoms with Gasteiger partial charge in [-0.3, -0.25) is 14.5 Å². The van der Waals surface area contributed by atoms with Crippen molar-refractivity contribution in [3.8, 4) is 5.75 Å². The molecule has 1 aliphatic rings. The SMILES string of the molecule is O=C1S/C(=C\c2ccc(Sc3ccccc3)o2)C(=O)N1CCOc1cccc2ccccc12. The second-order valence-electron chi connectivity index (χ2n) is 7.23. The van der Waals surface area contributed by atoms with Crippen LogP contribution in [-0.4, -0.2) is 29.2 Å². The zero-order chi connectivity index (χ0) is 22.6. The quantitative estimate of drug-likeness (QED) is 0.278. The molecule has 4 aromatic rings. The number of nitrogens with zero attached hydrogens (tertiary/aromatic N) is 1. The first-order valence-electron chi connectivity index (χ1n) is 10.4. The highest BCUT2D eigenvalue weighted by Crippen LogP contribution is 2.34. The van der Waals surface area contributed by atoms with Gasteiger partial charge in [0.05, 0.1) is 11.4 Å². The monoisotopic (exact) mass is 473 g/mol. The summed E-state index contributed by atoms with van der Waals surface area (Å²) >= 11 is 2.41. The third kappa shape index (κ3) is 4.84. The molecule has 0 spiro atoms. The first-order chi connectivity index (χ1) is 16.2. The predicted molar refractivity (Wildman–Crippen MR) is 131 cm³/mol. The van der Waals surface area contributed by atoms with Crippen LogP contribution in [-0.2, 0) is 4.79 Å².